The summed E-state index contributed by atoms with van der Waals surface area (Å²) in [6, 6.07) is 9.47. The zero-order valence-electron chi connectivity index (χ0n) is 11.1. The predicted octanol–water partition coefficient (Wildman–Crippen LogP) is 3.26. The van der Waals surface area contributed by atoms with Gasteiger partial charge in [0.2, 0.25) is 0 Å². The molecule has 0 saturated carbocycles. The van der Waals surface area contributed by atoms with E-state index in [-0.39, 0.29) is 11.6 Å². The number of hydrogen-bond donors (Lipinski definition) is 2. The Kier molecular flexibility index (Phi) is 3.93. The molecule has 0 aliphatic carbocycles. The van der Waals surface area contributed by atoms with Gasteiger partial charge >= 0.3 is 6.18 Å². The standard InChI is InChI=1S/C14H13F3N2O2/c1-8(14(15,16)17)21-12-7-6-11(13(18)19-20)9-4-2-3-5-10(9)12/h2-8,20H,1H3,(H2,18,19). The van der Waals surface area contributed by atoms with Crippen LogP contribution in [0.3, 0.4) is 0 Å². The molecule has 0 aliphatic rings. The average molecular weight is 298 g/mol. The van der Waals surface area contributed by atoms with E-state index in [2.05, 4.69) is 5.16 Å². The fourth-order valence-corrected chi connectivity index (χ4v) is 1.91. The van der Waals surface area contributed by atoms with Crippen LogP contribution < -0.4 is 10.5 Å². The summed E-state index contributed by atoms with van der Waals surface area (Å²) in [5.41, 5.74) is 5.98. The molecule has 2 rings (SSSR count). The molecule has 0 saturated heterocycles. The Morgan fingerprint density at radius 2 is 1.81 bits per heavy atom. The van der Waals surface area contributed by atoms with Gasteiger partial charge in [0.05, 0.1) is 0 Å². The molecule has 0 bridgehead atoms. The summed E-state index contributed by atoms with van der Waals surface area (Å²) in [4.78, 5) is 0. The van der Waals surface area contributed by atoms with Gasteiger partial charge in [-0.05, 0) is 24.4 Å². The summed E-state index contributed by atoms with van der Waals surface area (Å²) in [5, 5.41) is 12.7. The van der Waals surface area contributed by atoms with E-state index in [0.717, 1.165) is 6.92 Å². The third-order valence-electron chi connectivity index (χ3n) is 3.03. The van der Waals surface area contributed by atoms with Gasteiger partial charge in [0, 0.05) is 10.9 Å². The molecular formula is C14H13F3N2O2. The maximum atomic E-state index is 12.6. The molecule has 1 unspecified atom stereocenters. The molecule has 1 atom stereocenters. The van der Waals surface area contributed by atoms with Crippen LogP contribution >= 0.6 is 0 Å². The van der Waals surface area contributed by atoms with Gasteiger partial charge in [-0.25, -0.2) is 0 Å². The van der Waals surface area contributed by atoms with Crippen molar-refractivity contribution in [2.45, 2.75) is 19.2 Å². The third-order valence-corrected chi connectivity index (χ3v) is 3.03. The van der Waals surface area contributed by atoms with Crippen LogP contribution in [0.5, 0.6) is 5.75 Å². The zero-order chi connectivity index (χ0) is 15.6. The fourth-order valence-electron chi connectivity index (χ4n) is 1.91. The van der Waals surface area contributed by atoms with Gasteiger partial charge in [-0.1, -0.05) is 29.4 Å². The van der Waals surface area contributed by atoms with Crippen molar-refractivity contribution >= 4 is 16.6 Å². The predicted molar refractivity (Wildman–Crippen MR) is 72.6 cm³/mol. The first-order chi connectivity index (χ1) is 9.84. The van der Waals surface area contributed by atoms with Crippen molar-refractivity contribution in [3.05, 3.63) is 42.0 Å². The van der Waals surface area contributed by atoms with E-state index in [0.29, 0.717) is 16.3 Å². The van der Waals surface area contributed by atoms with Crippen molar-refractivity contribution in [3.63, 3.8) is 0 Å². The summed E-state index contributed by atoms with van der Waals surface area (Å²) in [7, 11) is 0. The van der Waals surface area contributed by atoms with Crippen molar-refractivity contribution in [2.24, 2.45) is 10.9 Å². The Morgan fingerprint density at radius 1 is 1.19 bits per heavy atom. The molecule has 0 aliphatic heterocycles. The fraction of sp³-hybridized carbons (Fsp3) is 0.214. The maximum Gasteiger partial charge on any atom is 0.425 e. The van der Waals surface area contributed by atoms with Crippen molar-refractivity contribution in [3.8, 4) is 5.75 Å². The van der Waals surface area contributed by atoms with Crippen molar-refractivity contribution < 1.29 is 23.1 Å². The van der Waals surface area contributed by atoms with Crippen molar-refractivity contribution in [1.82, 2.24) is 0 Å². The molecule has 0 fully saturated rings. The average Bonchev–Trinajstić information content (AvgIpc) is 2.45. The van der Waals surface area contributed by atoms with Crippen LogP contribution in [0.25, 0.3) is 10.8 Å². The smallest absolute Gasteiger partial charge is 0.425 e. The molecule has 21 heavy (non-hydrogen) atoms. The maximum absolute atomic E-state index is 12.6. The van der Waals surface area contributed by atoms with Gasteiger partial charge in [-0.2, -0.15) is 13.2 Å². The molecule has 0 aromatic heterocycles. The van der Waals surface area contributed by atoms with Gasteiger partial charge in [-0.3, -0.25) is 0 Å². The number of rotatable bonds is 3. The van der Waals surface area contributed by atoms with Crippen molar-refractivity contribution in [1.29, 1.82) is 0 Å². The number of nitrogens with zero attached hydrogens (tertiary/aromatic N) is 1. The summed E-state index contributed by atoms with van der Waals surface area (Å²) < 4.78 is 42.8. The third kappa shape index (κ3) is 3.01. The first kappa shape index (κ1) is 15.0. The van der Waals surface area contributed by atoms with Crippen LogP contribution in [-0.2, 0) is 0 Å². The van der Waals surface area contributed by atoms with Crippen LogP contribution in [-0.4, -0.2) is 23.3 Å². The molecule has 0 radical (unpaired) electrons. The summed E-state index contributed by atoms with van der Waals surface area (Å²) in [6.45, 7) is 0.937. The first-order valence-electron chi connectivity index (χ1n) is 6.07. The molecule has 0 spiro atoms. The van der Waals surface area contributed by atoms with Gasteiger partial charge in [0.15, 0.2) is 11.9 Å². The van der Waals surface area contributed by atoms with Gasteiger partial charge in [0.25, 0.3) is 0 Å². The highest BCUT2D eigenvalue weighted by atomic mass is 19.4. The highest BCUT2D eigenvalue weighted by molar-refractivity contribution is 6.10. The summed E-state index contributed by atoms with van der Waals surface area (Å²) in [6.07, 6.45) is -6.39. The lowest BCUT2D eigenvalue weighted by molar-refractivity contribution is -0.188. The minimum absolute atomic E-state index is 0.0879. The van der Waals surface area contributed by atoms with E-state index in [4.69, 9.17) is 15.7 Å². The Balaban J connectivity index is 2.53. The number of alkyl halides is 3. The summed E-state index contributed by atoms with van der Waals surface area (Å²) >= 11 is 0. The second-order valence-electron chi connectivity index (χ2n) is 4.44. The number of halogens is 3. The lowest BCUT2D eigenvalue weighted by atomic mass is 10.0. The molecule has 4 nitrogen and oxygen atoms in total. The SMILES string of the molecule is CC(Oc1ccc(/C(N)=N/O)c2ccccc12)C(F)(F)F. The molecular weight excluding hydrogens is 285 g/mol. The quantitative estimate of drug-likeness (QED) is 0.395. The topological polar surface area (TPSA) is 67.8 Å². The number of oxime groups is 1. The second-order valence-corrected chi connectivity index (χ2v) is 4.44. The molecule has 2 aromatic carbocycles. The van der Waals surface area contributed by atoms with Crippen LogP contribution in [0.2, 0.25) is 0 Å². The van der Waals surface area contributed by atoms with E-state index >= 15 is 0 Å². The van der Waals surface area contributed by atoms with Crippen LogP contribution in [0.1, 0.15) is 12.5 Å². The molecule has 7 heteroatoms. The molecule has 0 heterocycles. The number of amidine groups is 1. The highest BCUT2D eigenvalue weighted by Gasteiger charge is 2.38. The minimum Gasteiger partial charge on any atom is -0.481 e. The zero-order valence-corrected chi connectivity index (χ0v) is 11.1. The molecule has 3 N–H and O–H groups in total. The number of benzene rings is 2. The van der Waals surface area contributed by atoms with Gasteiger partial charge < -0.3 is 15.7 Å². The van der Waals surface area contributed by atoms with Crippen LogP contribution in [0, 0.1) is 0 Å². The summed E-state index contributed by atoms with van der Waals surface area (Å²) in [5.74, 6) is -0.0356. The van der Waals surface area contributed by atoms with E-state index in [1.54, 1.807) is 24.3 Å². The number of fused-ring (bicyclic) bond motifs is 1. The Hall–Kier alpha value is -2.44. The Bertz CT molecular complexity index is 683. The number of nitrogens with two attached hydrogens (primary N) is 1. The van der Waals surface area contributed by atoms with E-state index in [1.165, 1.54) is 12.1 Å². The monoisotopic (exact) mass is 298 g/mol. The molecule has 2 aromatic rings. The lowest BCUT2D eigenvalue weighted by Crippen LogP contribution is -2.31. The Morgan fingerprint density at radius 3 is 2.38 bits per heavy atom. The van der Waals surface area contributed by atoms with E-state index < -0.39 is 12.3 Å². The van der Waals surface area contributed by atoms with E-state index in [1.807, 2.05) is 0 Å². The van der Waals surface area contributed by atoms with E-state index in [9.17, 15) is 13.2 Å². The van der Waals surface area contributed by atoms with Gasteiger partial charge in [-0.15, -0.1) is 0 Å². The number of ether oxygens (including phenoxy) is 1. The van der Waals surface area contributed by atoms with Crippen LogP contribution in [0.15, 0.2) is 41.6 Å². The Labute approximate surface area is 118 Å². The lowest BCUT2D eigenvalue weighted by Gasteiger charge is -2.19. The molecule has 0 amide bonds. The minimum atomic E-state index is -4.45. The first-order valence-corrected chi connectivity index (χ1v) is 6.07. The van der Waals surface area contributed by atoms with Crippen LogP contribution in [0.4, 0.5) is 13.2 Å². The van der Waals surface area contributed by atoms with Crippen molar-refractivity contribution in [2.75, 3.05) is 0 Å². The second kappa shape index (κ2) is 5.51. The highest BCUT2D eigenvalue weighted by Crippen LogP contribution is 2.32. The largest absolute Gasteiger partial charge is 0.481 e. The number of hydrogen-bond acceptors (Lipinski definition) is 3. The van der Waals surface area contributed by atoms with Gasteiger partial charge in [0.1, 0.15) is 5.75 Å². The normalized spacial score (nSPS) is 14.2. The molecule has 112 valence electrons.